The number of hydrogen-bond acceptors (Lipinski definition) is 3. The number of carbonyl (C=O) groups is 1. The first-order valence-electron chi connectivity index (χ1n) is 7.07. The van der Waals surface area contributed by atoms with Gasteiger partial charge in [0, 0.05) is 18.0 Å². The zero-order chi connectivity index (χ0) is 15.4. The van der Waals surface area contributed by atoms with Crippen LogP contribution in [-0.4, -0.2) is 22.4 Å². The van der Waals surface area contributed by atoms with E-state index in [9.17, 15) is 4.79 Å². The third kappa shape index (κ3) is 3.09. The van der Waals surface area contributed by atoms with Crippen LogP contribution >= 0.6 is 0 Å². The van der Waals surface area contributed by atoms with Crippen molar-refractivity contribution < 1.29 is 9.53 Å². The molecule has 22 heavy (non-hydrogen) atoms. The number of imidazole rings is 1. The summed E-state index contributed by atoms with van der Waals surface area (Å²) in [5, 5.41) is 2.89. The molecule has 0 bridgehead atoms. The minimum Gasteiger partial charge on any atom is -0.496 e. The van der Waals surface area contributed by atoms with Gasteiger partial charge in [-0.05, 0) is 18.2 Å². The molecule has 3 rings (SSSR count). The van der Waals surface area contributed by atoms with Gasteiger partial charge in [0.15, 0.2) is 0 Å². The highest BCUT2D eigenvalue weighted by atomic mass is 16.5. The number of methoxy groups -OCH3 is 1. The summed E-state index contributed by atoms with van der Waals surface area (Å²) in [4.78, 5) is 16.5. The first kappa shape index (κ1) is 14.1. The van der Waals surface area contributed by atoms with E-state index < -0.39 is 0 Å². The molecule has 0 unspecified atom stereocenters. The number of benzene rings is 1. The number of pyridine rings is 1. The second kappa shape index (κ2) is 6.30. The summed E-state index contributed by atoms with van der Waals surface area (Å²) in [5.41, 5.74) is 2.58. The maximum atomic E-state index is 12.1. The summed E-state index contributed by atoms with van der Waals surface area (Å²) in [6.45, 7) is 0.412. The number of fused-ring (bicyclic) bond motifs is 1. The van der Waals surface area contributed by atoms with Gasteiger partial charge in [0.2, 0.25) is 5.91 Å². The van der Waals surface area contributed by atoms with Crippen LogP contribution in [0.3, 0.4) is 0 Å². The lowest BCUT2D eigenvalue weighted by Gasteiger charge is -2.08. The van der Waals surface area contributed by atoms with Crippen molar-refractivity contribution in [1.29, 1.82) is 0 Å². The fourth-order valence-corrected chi connectivity index (χ4v) is 2.35. The standard InChI is InChI=1S/C17H17N3O2/c1-22-15-7-3-2-6-13(15)10-17(21)18-11-14-12-20-9-5-4-8-16(20)19-14/h2-9,12H,10-11H2,1H3,(H,18,21). The summed E-state index contributed by atoms with van der Waals surface area (Å²) in [7, 11) is 1.60. The van der Waals surface area contributed by atoms with Gasteiger partial charge in [0.1, 0.15) is 11.4 Å². The molecule has 0 fully saturated rings. The largest absolute Gasteiger partial charge is 0.496 e. The minimum atomic E-state index is -0.0541. The summed E-state index contributed by atoms with van der Waals surface area (Å²) in [5.74, 6) is 0.673. The van der Waals surface area contributed by atoms with Gasteiger partial charge in [-0.25, -0.2) is 4.98 Å². The van der Waals surface area contributed by atoms with Gasteiger partial charge in [-0.15, -0.1) is 0 Å². The predicted octanol–water partition coefficient (Wildman–Crippen LogP) is 2.20. The molecular formula is C17H17N3O2. The molecular weight excluding hydrogens is 278 g/mol. The molecule has 5 heteroatoms. The Morgan fingerprint density at radius 2 is 2.05 bits per heavy atom. The van der Waals surface area contributed by atoms with Crippen molar-refractivity contribution >= 4 is 11.6 Å². The highest BCUT2D eigenvalue weighted by Crippen LogP contribution is 2.17. The molecule has 1 amide bonds. The SMILES string of the molecule is COc1ccccc1CC(=O)NCc1cn2ccccc2n1. The fourth-order valence-electron chi connectivity index (χ4n) is 2.35. The first-order chi connectivity index (χ1) is 10.8. The minimum absolute atomic E-state index is 0.0541. The normalized spacial score (nSPS) is 10.6. The zero-order valence-corrected chi connectivity index (χ0v) is 12.3. The van der Waals surface area contributed by atoms with Crippen molar-refractivity contribution in [3.63, 3.8) is 0 Å². The second-order valence-corrected chi connectivity index (χ2v) is 4.96. The smallest absolute Gasteiger partial charge is 0.224 e. The number of nitrogens with zero attached hydrogens (tertiary/aromatic N) is 2. The second-order valence-electron chi connectivity index (χ2n) is 4.96. The van der Waals surface area contributed by atoms with E-state index in [1.807, 2.05) is 59.3 Å². The number of amides is 1. The number of hydrogen-bond donors (Lipinski definition) is 1. The molecule has 1 aromatic carbocycles. The van der Waals surface area contributed by atoms with Crippen LogP contribution in [0, 0.1) is 0 Å². The van der Waals surface area contributed by atoms with Crippen molar-refractivity contribution in [2.24, 2.45) is 0 Å². The maximum Gasteiger partial charge on any atom is 0.224 e. The lowest BCUT2D eigenvalue weighted by Crippen LogP contribution is -2.24. The van der Waals surface area contributed by atoms with E-state index in [1.165, 1.54) is 0 Å². The van der Waals surface area contributed by atoms with Crippen LogP contribution in [0.15, 0.2) is 54.9 Å². The van der Waals surface area contributed by atoms with E-state index >= 15 is 0 Å². The van der Waals surface area contributed by atoms with Crippen LogP contribution in [0.1, 0.15) is 11.3 Å². The van der Waals surface area contributed by atoms with E-state index in [0.717, 1.165) is 22.7 Å². The Labute approximate surface area is 128 Å². The molecule has 5 nitrogen and oxygen atoms in total. The topological polar surface area (TPSA) is 55.6 Å². The quantitative estimate of drug-likeness (QED) is 0.785. The molecule has 0 saturated carbocycles. The van der Waals surface area contributed by atoms with E-state index in [-0.39, 0.29) is 12.3 Å². The Morgan fingerprint density at radius 3 is 2.86 bits per heavy atom. The number of nitrogens with one attached hydrogen (secondary N) is 1. The lowest BCUT2D eigenvalue weighted by atomic mass is 10.1. The summed E-state index contributed by atoms with van der Waals surface area (Å²) in [6.07, 6.45) is 4.14. The van der Waals surface area contributed by atoms with Crippen LogP contribution < -0.4 is 10.1 Å². The van der Waals surface area contributed by atoms with Gasteiger partial charge in [0.25, 0.3) is 0 Å². The van der Waals surface area contributed by atoms with Gasteiger partial charge in [-0.2, -0.15) is 0 Å². The molecule has 0 radical (unpaired) electrons. The Bertz CT molecular complexity index is 762. The monoisotopic (exact) mass is 295 g/mol. The first-order valence-corrected chi connectivity index (χ1v) is 7.07. The maximum absolute atomic E-state index is 12.1. The molecule has 112 valence electrons. The van der Waals surface area contributed by atoms with Crippen LogP contribution in [0.4, 0.5) is 0 Å². The Kier molecular flexibility index (Phi) is 4.05. The molecule has 1 N–H and O–H groups in total. The van der Waals surface area contributed by atoms with Crippen molar-refractivity contribution in [1.82, 2.24) is 14.7 Å². The van der Waals surface area contributed by atoms with Crippen molar-refractivity contribution in [2.45, 2.75) is 13.0 Å². The molecule has 3 aromatic rings. The van der Waals surface area contributed by atoms with E-state index in [2.05, 4.69) is 10.3 Å². The molecule has 0 atom stereocenters. The average molecular weight is 295 g/mol. The highest BCUT2D eigenvalue weighted by molar-refractivity contribution is 5.79. The molecule has 0 aliphatic rings. The van der Waals surface area contributed by atoms with Gasteiger partial charge in [-0.3, -0.25) is 4.79 Å². The number of rotatable bonds is 5. The van der Waals surface area contributed by atoms with Crippen LogP contribution in [0.25, 0.3) is 5.65 Å². The van der Waals surface area contributed by atoms with E-state index in [4.69, 9.17) is 4.74 Å². The van der Waals surface area contributed by atoms with E-state index in [1.54, 1.807) is 7.11 Å². The summed E-state index contributed by atoms with van der Waals surface area (Å²) >= 11 is 0. The molecule has 0 saturated heterocycles. The van der Waals surface area contributed by atoms with Crippen molar-refractivity contribution in [3.8, 4) is 5.75 Å². The van der Waals surface area contributed by atoms with E-state index in [0.29, 0.717) is 6.54 Å². The van der Waals surface area contributed by atoms with Gasteiger partial charge < -0.3 is 14.5 Å². The third-order valence-electron chi connectivity index (χ3n) is 3.42. The Balaban J connectivity index is 1.62. The zero-order valence-electron chi connectivity index (χ0n) is 12.3. The number of carbonyl (C=O) groups excluding carboxylic acids is 1. The molecule has 0 aliphatic heterocycles. The molecule has 0 aliphatic carbocycles. The Morgan fingerprint density at radius 1 is 1.23 bits per heavy atom. The van der Waals surface area contributed by atoms with Crippen molar-refractivity contribution in [2.75, 3.05) is 7.11 Å². The third-order valence-corrected chi connectivity index (χ3v) is 3.42. The Hall–Kier alpha value is -2.82. The van der Waals surface area contributed by atoms with Crippen LogP contribution in [0.5, 0.6) is 5.75 Å². The fraction of sp³-hybridized carbons (Fsp3) is 0.176. The van der Waals surface area contributed by atoms with Crippen molar-refractivity contribution in [3.05, 3.63) is 66.1 Å². The molecule has 2 heterocycles. The number of aromatic nitrogens is 2. The molecule has 2 aromatic heterocycles. The van der Waals surface area contributed by atoms with Gasteiger partial charge >= 0.3 is 0 Å². The van der Waals surface area contributed by atoms with Crippen LogP contribution in [-0.2, 0) is 17.8 Å². The lowest BCUT2D eigenvalue weighted by molar-refractivity contribution is -0.120. The molecule has 0 spiro atoms. The average Bonchev–Trinajstić information content (AvgIpc) is 2.96. The van der Waals surface area contributed by atoms with Gasteiger partial charge in [0.05, 0.1) is 25.8 Å². The number of para-hydroxylation sites is 1. The van der Waals surface area contributed by atoms with Crippen LogP contribution in [0.2, 0.25) is 0 Å². The predicted molar refractivity (Wildman–Crippen MR) is 83.7 cm³/mol. The summed E-state index contributed by atoms with van der Waals surface area (Å²) < 4.78 is 7.19. The summed E-state index contributed by atoms with van der Waals surface area (Å²) in [6, 6.07) is 13.3. The number of ether oxygens (including phenoxy) is 1. The van der Waals surface area contributed by atoms with Gasteiger partial charge in [-0.1, -0.05) is 24.3 Å². The highest BCUT2D eigenvalue weighted by Gasteiger charge is 2.09.